The zero-order valence-electron chi connectivity index (χ0n) is 11.8. The highest BCUT2D eigenvalue weighted by Gasteiger charge is 2.28. The molecule has 110 valence electrons. The Morgan fingerprint density at radius 2 is 2.29 bits per heavy atom. The molecule has 2 heterocycles. The first kappa shape index (κ1) is 14.1. The number of nitrogens with zero attached hydrogens (tertiary/aromatic N) is 3. The van der Waals surface area contributed by atoms with Crippen LogP contribution in [0.4, 0.5) is 6.01 Å². The summed E-state index contributed by atoms with van der Waals surface area (Å²) in [5, 5.41) is 8.45. The second-order valence-corrected chi connectivity index (χ2v) is 5.70. The normalized spacial score (nSPS) is 18.8. The van der Waals surface area contributed by atoms with Crippen LogP contribution in [0.2, 0.25) is 5.02 Å². The number of rotatable bonds is 3. The zero-order valence-corrected chi connectivity index (χ0v) is 12.5. The Bertz CT molecular complexity index is 656. The molecule has 0 N–H and O–H groups in total. The molecule has 1 atom stereocenters. The molecule has 0 aliphatic carbocycles. The third-order valence-corrected chi connectivity index (χ3v) is 3.92. The average molecular weight is 306 g/mol. The fraction of sp³-hybridized carbons (Fsp3) is 0.400. The summed E-state index contributed by atoms with van der Waals surface area (Å²) in [6, 6.07) is 7.60. The summed E-state index contributed by atoms with van der Waals surface area (Å²) in [5.74, 6) is 0.594. The minimum atomic E-state index is -0.0653. The molecule has 1 aliphatic rings. The molecule has 2 aromatic rings. The van der Waals surface area contributed by atoms with Crippen LogP contribution in [0.15, 0.2) is 28.7 Å². The van der Waals surface area contributed by atoms with Crippen molar-refractivity contribution in [1.29, 1.82) is 0 Å². The van der Waals surface area contributed by atoms with Crippen LogP contribution in [0.25, 0.3) is 0 Å². The largest absolute Gasteiger partial charge is 0.408 e. The van der Waals surface area contributed by atoms with E-state index in [0.717, 1.165) is 19.4 Å². The van der Waals surface area contributed by atoms with Gasteiger partial charge in [-0.15, -0.1) is 5.10 Å². The van der Waals surface area contributed by atoms with Crippen LogP contribution in [0.1, 0.15) is 29.1 Å². The summed E-state index contributed by atoms with van der Waals surface area (Å²) in [7, 11) is 0. The molecule has 0 saturated carbocycles. The van der Waals surface area contributed by atoms with Gasteiger partial charge in [0.2, 0.25) is 5.89 Å². The van der Waals surface area contributed by atoms with E-state index in [-0.39, 0.29) is 11.7 Å². The Morgan fingerprint density at radius 3 is 3.00 bits per heavy atom. The standard InChI is InChI=1S/C15H16ClN3O2/c1-10-17-18-15(21-10)19-7-3-5-12(9-19)14(20)11-4-2-6-13(16)8-11/h2,4,6,8,12H,3,5,7,9H2,1H3/t12-/m0/s1. The van der Waals surface area contributed by atoms with E-state index in [1.54, 1.807) is 25.1 Å². The highest BCUT2D eigenvalue weighted by Crippen LogP contribution is 2.25. The number of hydrogen-bond donors (Lipinski definition) is 0. The number of ketones is 1. The number of anilines is 1. The summed E-state index contributed by atoms with van der Waals surface area (Å²) < 4.78 is 5.45. The Hall–Kier alpha value is -1.88. The molecule has 1 saturated heterocycles. The predicted octanol–water partition coefficient (Wildman–Crippen LogP) is 3.13. The molecule has 0 bridgehead atoms. The van der Waals surface area contributed by atoms with Crippen LogP contribution in [-0.2, 0) is 0 Å². The fourth-order valence-corrected chi connectivity index (χ4v) is 2.85. The first-order chi connectivity index (χ1) is 10.1. The van der Waals surface area contributed by atoms with Crippen molar-refractivity contribution >= 4 is 23.4 Å². The van der Waals surface area contributed by atoms with E-state index in [2.05, 4.69) is 10.2 Å². The molecule has 0 unspecified atom stereocenters. The van der Waals surface area contributed by atoms with E-state index in [9.17, 15) is 4.79 Å². The minimum Gasteiger partial charge on any atom is -0.408 e. The lowest BCUT2D eigenvalue weighted by molar-refractivity contribution is 0.0906. The lowest BCUT2D eigenvalue weighted by Crippen LogP contribution is -2.39. The van der Waals surface area contributed by atoms with Crippen LogP contribution in [0.3, 0.4) is 0 Å². The number of aryl methyl sites for hydroxylation is 1. The number of halogens is 1. The van der Waals surface area contributed by atoms with Crippen LogP contribution in [0, 0.1) is 12.8 Å². The first-order valence-electron chi connectivity index (χ1n) is 6.98. The van der Waals surface area contributed by atoms with Gasteiger partial charge < -0.3 is 9.32 Å². The number of Topliss-reactive ketones (excluding diaryl/α,β-unsaturated/α-hetero) is 1. The van der Waals surface area contributed by atoms with Crippen molar-refractivity contribution in [2.24, 2.45) is 5.92 Å². The van der Waals surface area contributed by atoms with Crippen LogP contribution >= 0.6 is 11.6 Å². The van der Waals surface area contributed by atoms with Gasteiger partial charge in [0.05, 0.1) is 0 Å². The molecule has 0 spiro atoms. The quantitative estimate of drug-likeness (QED) is 0.815. The second-order valence-electron chi connectivity index (χ2n) is 5.26. The first-order valence-corrected chi connectivity index (χ1v) is 7.36. The van der Waals surface area contributed by atoms with Crippen molar-refractivity contribution in [3.05, 3.63) is 40.7 Å². The summed E-state index contributed by atoms with van der Waals surface area (Å²) in [6.45, 7) is 3.20. The van der Waals surface area contributed by atoms with E-state index < -0.39 is 0 Å². The lowest BCUT2D eigenvalue weighted by atomic mass is 9.90. The number of carbonyl (C=O) groups excluding carboxylic acids is 1. The van der Waals surface area contributed by atoms with Crippen molar-refractivity contribution in [3.8, 4) is 0 Å². The summed E-state index contributed by atoms with van der Waals surface area (Å²) >= 11 is 5.96. The molecule has 1 aromatic heterocycles. The maximum Gasteiger partial charge on any atom is 0.318 e. The van der Waals surface area contributed by atoms with Gasteiger partial charge in [0.1, 0.15) is 0 Å². The Kier molecular flexibility index (Phi) is 3.92. The third-order valence-electron chi connectivity index (χ3n) is 3.69. The van der Waals surface area contributed by atoms with Crippen molar-refractivity contribution < 1.29 is 9.21 Å². The Labute approximate surface area is 127 Å². The van der Waals surface area contributed by atoms with Crippen LogP contribution in [-0.4, -0.2) is 29.1 Å². The zero-order chi connectivity index (χ0) is 14.8. The molecule has 0 amide bonds. The topological polar surface area (TPSA) is 59.2 Å². The number of hydrogen-bond acceptors (Lipinski definition) is 5. The van der Waals surface area contributed by atoms with Crippen LogP contribution < -0.4 is 4.90 Å². The third kappa shape index (κ3) is 3.08. The van der Waals surface area contributed by atoms with Gasteiger partial charge in [0.25, 0.3) is 0 Å². The summed E-state index contributed by atoms with van der Waals surface area (Å²) in [4.78, 5) is 14.6. The van der Waals surface area contributed by atoms with Crippen molar-refractivity contribution in [2.75, 3.05) is 18.0 Å². The highest BCUT2D eigenvalue weighted by atomic mass is 35.5. The van der Waals surface area contributed by atoms with E-state index in [4.69, 9.17) is 16.0 Å². The van der Waals surface area contributed by atoms with Crippen molar-refractivity contribution in [3.63, 3.8) is 0 Å². The smallest absolute Gasteiger partial charge is 0.318 e. The molecule has 1 aliphatic heterocycles. The van der Waals surface area contributed by atoms with E-state index in [1.165, 1.54) is 0 Å². The molecule has 5 nitrogen and oxygen atoms in total. The van der Waals surface area contributed by atoms with E-state index >= 15 is 0 Å². The van der Waals surface area contributed by atoms with Gasteiger partial charge in [-0.2, -0.15) is 0 Å². The summed E-state index contributed by atoms with van der Waals surface area (Å²) in [5.41, 5.74) is 0.663. The molecule has 0 radical (unpaired) electrons. The number of piperidine rings is 1. The van der Waals surface area contributed by atoms with Gasteiger partial charge in [-0.3, -0.25) is 4.79 Å². The van der Waals surface area contributed by atoms with Crippen LogP contribution in [0.5, 0.6) is 0 Å². The maximum absolute atomic E-state index is 12.6. The van der Waals surface area contributed by atoms with E-state index in [0.29, 0.717) is 29.0 Å². The average Bonchev–Trinajstić information content (AvgIpc) is 2.93. The Balaban J connectivity index is 1.75. The highest BCUT2D eigenvalue weighted by molar-refractivity contribution is 6.31. The van der Waals surface area contributed by atoms with Gasteiger partial charge in [-0.25, -0.2) is 0 Å². The van der Waals surface area contributed by atoms with Gasteiger partial charge in [-0.05, 0) is 25.0 Å². The fourth-order valence-electron chi connectivity index (χ4n) is 2.66. The SMILES string of the molecule is Cc1nnc(N2CCC[C@H](C(=O)c3cccc(Cl)c3)C2)o1. The van der Waals surface area contributed by atoms with Gasteiger partial charge >= 0.3 is 6.01 Å². The minimum absolute atomic E-state index is 0.0653. The molecule has 6 heteroatoms. The Morgan fingerprint density at radius 1 is 1.43 bits per heavy atom. The van der Waals surface area contributed by atoms with Gasteiger partial charge in [-0.1, -0.05) is 28.8 Å². The van der Waals surface area contributed by atoms with Gasteiger partial charge in [0, 0.05) is 36.5 Å². The lowest BCUT2D eigenvalue weighted by Gasteiger charge is -2.30. The molecular formula is C15H16ClN3O2. The second kappa shape index (κ2) is 5.85. The monoisotopic (exact) mass is 305 g/mol. The molecule has 1 aromatic carbocycles. The number of benzene rings is 1. The predicted molar refractivity (Wildman–Crippen MR) is 79.8 cm³/mol. The van der Waals surface area contributed by atoms with Crippen molar-refractivity contribution in [2.45, 2.75) is 19.8 Å². The molecule has 21 heavy (non-hydrogen) atoms. The molecule has 1 fully saturated rings. The van der Waals surface area contributed by atoms with Gasteiger partial charge in [0.15, 0.2) is 5.78 Å². The summed E-state index contributed by atoms with van der Waals surface area (Å²) in [6.07, 6.45) is 1.80. The van der Waals surface area contributed by atoms with Crippen molar-refractivity contribution in [1.82, 2.24) is 10.2 Å². The van der Waals surface area contributed by atoms with E-state index in [1.807, 2.05) is 11.0 Å². The molecule has 3 rings (SSSR count). The maximum atomic E-state index is 12.6. The molecular weight excluding hydrogens is 290 g/mol. The number of carbonyl (C=O) groups is 1. The number of aromatic nitrogens is 2.